The molecule has 156 valence electrons. The van der Waals surface area contributed by atoms with Gasteiger partial charge >= 0.3 is 0 Å². The average molecular weight is 434 g/mol. The molecule has 0 unspecified atom stereocenters. The summed E-state index contributed by atoms with van der Waals surface area (Å²) in [4.78, 5) is 0. The van der Waals surface area contributed by atoms with E-state index in [4.69, 9.17) is 21.7 Å². The van der Waals surface area contributed by atoms with E-state index in [-0.39, 0.29) is 10.6 Å². The highest BCUT2D eigenvalue weighted by atomic mass is 32.1. The maximum atomic E-state index is 14.2. The Hall–Kier alpha value is -3.78. The van der Waals surface area contributed by atoms with Crippen molar-refractivity contribution in [3.63, 3.8) is 0 Å². The second-order valence-electron chi connectivity index (χ2n) is 6.57. The van der Waals surface area contributed by atoms with Gasteiger partial charge in [-0.2, -0.15) is 14.9 Å². The molecule has 0 saturated carbocycles. The topological polar surface area (TPSA) is 64.4 Å². The molecule has 0 aliphatic carbocycles. The van der Waals surface area contributed by atoms with E-state index in [9.17, 15) is 4.39 Å². The summed E-state index contributed by atoms with van der Waals surface area (Å²) in [7, 11) is 1.58. The Kier molecular flexibility index (Phi) is 6.18. The van der Waals surface area contributed by atoms with Crippen molar-refractivity contribution >= 4 is 18.4 Å². The van der Waals surface area contributed by atoms with Crippen LogP contribution in [0.3, 0.4) is 0 Å². The molecular weight excluding hydrogens is 415 g/mol. The van der Waals surface area contributed by atoms with Crippen LogP contribution in [0.15, 0.2) is 77.9 Å². The van der Waals surface area contributed by atoms with E-state index < -0.39 is 5.82 Å². The van der Waals surface area contributed by atoms with Gasteiger partial charge in [-0.3, -0.25) is 0 Å². The first-order valence-corrected chi connectivity index (χ1v) is 9.88. The number of rotatable bonds is 7. The van der Waals surface area contributed by atoms with Crippen LogP contribution in [0.2, 0.25) is 0 Å². The summed E-state index contributed by atoms with van der Waals surface area (Å²) in [6.45, 7) is 0.431. The third kappa shape index (κ3) is 4.70. The summed E-state index contributed by atoms with van der Waals surface area (Å²) in [5.74, 6) is 1.07. The molecule has 4 aromatic rings. The van der Waals surface area contributed by atoms with Crippen molar-refractivity contribution < 1.29 is 13.9 Å². The standard InChI is InChI=1S/C23H19FN4O2S/c1-29-21-13-17(11-12-20(21)30-15-16-7-3-2-4-8-16)14-25-28-22(26-27-23(28)31)18-9-5-6-10-19(18)24/h2-14H,15H2,1H3,(H,27,31)/b25-14+. The molecule has 0 atom stereocenters. The third-order valence-electron chi connectivity index (χ3n) is 4.51. The van der Waals surface area contributed by atoms with Crippen molar-refractivity contribution in [2.75, 3.05) is 7.11 Å². The number of hydrogen-bond acceptors (Lipinski definition) is 5. The normalized spacial score (nSPS) is 11.0. The molecule has 0 saturated heterocycles. The fourth-order valence-electron chi connectivity index (χ4n) is 2.96. The van der Waals surface area contributed by atoms with Gasteiger partial charge in [-0.1, -0.05) is 42.5 Å². The number of nitrogens with one attached hydrogen (secondary N) is 1. The number of ether oxygens (including phenoxy) is 2. The van der Waals surface area contributed by atoms with Crippen LogP contribution in [0, 0.1) is 10.6 Å². The SMILES string of the molecule is COc1cc(/C=N/n2c(-c3ccccc3F)n[nH]c2=S)ccc1OCc1ccccc1. The predicted octanol–water partition coefficient (Wildman–Crippen LogP) is 5.22. The lowest BCUT2D eigenvalue weighted by atomic mass is 10.2. The lowest BCUT2D eigenvalue weighted by Crippen LogP contribution is -1.99. The van der Waals surface area contributed by atoms with Crippen LogP contribution in [-0.4, -0.2) is 28.2 Å². The van der Waals surface area contributed by atoms with E-state index in [1.165, 1.54) is 10.7 Å². The molecule has 0 amide bonds. The average Bonchev–Trinajstić information content (AvgIpc) is 3.17. The highest BCUT2D eigenvalue weighted by Gasteiger charge is 2.12. The highest BCUT2D eigenvalue weighted by molar-refractivity contribution is 7.71. The van der Waals surface area contributed by atoms with Gasteiger partial charge in [-0.25, -0.2) is 9.49 Å². The Balaban J connectivity index is 1.57. The Morgan fingerprint density at radius 2 is 1.84 bits per heavy atom. The van der Waals surface area contributed by atoms with Crippen LogP contribution in [0.1, 0.15) is 11.1 Å². The summed E-state index contributed by atoms with van der Waals surface area (Å²) in [5, 5.41) is 11.1. The third-order valence-corrected chi connectivity index (χ3v) is 4.78. The molecule has 8 heteroatoms. The van der Waals surface area contributed by atoms with E-state index in [2.05, 4.69) is 15.3 Å². The molecule has 3 aromatic carbocycles. The Bertz CT molecular complexity index is 1270. The van der Waals surface area contributed by atoms with Crippen molar-refractivity contribution in [3.05, 3.63) is 94.5 Å². The Morgan fingerprint density at radius 1 is 1.06 bits per heavy atom. The molecule has 0 radical (unpaired) electrons. The van der Waals surface area contributed by atoms with Gasteiger partial charge in [0.15, 0.2) is 17.3 Å². The number of aromatic nitrogens is 3. The zero-order valence-electron chi connectivity index (χ0n) is 16.7. The first-order valence-electron chi connectivity index (χ1n) is 9.47. The van der Waals surface area contributed by atoms with Gasteiger partial charge in [0, 0.05) is 0 Å². The molecule has 0 spiro atoms. The van der Waals surface area contributed by atoms with Gasteiger partial charge in [0.05, 0.1) is 18.9 Å². The lowest BCUT2D eigenvalue weighted by Gasteiger charge is -2.11. The molecule has 1 N–H and O–H groups in total. The predicted molar refractivity (Wildman–Crippen MR) is 120 cm³/mol. The number of aromatic amines is 1. The maximum Gasteiger partial charge on any atom is 0.216 e. The molecule has 0 aliphatic rings. The first kappa shape index (κ1) is 20.5. The fourth-order valence-corrected chi connectivity index (χ4v) is 3.14. The van der Waals surface area contributed by atoms with Crippen molar-refractivity contribution in [1.82, 2.24) is 14.9 Å². The van der Waals surface area contributed by atoms with Crippen LogP contribution in [0.4, 0.5) is 4.39 Å². The van der Waals surface area contributed by atoms with Crippen molar-refractivity contribution in [2.24, 2.45) is 5.10 Å². The zero-order chi connectivity index (χ0) is 21.6. The fraction of sp³-hybridized carbons (Fsp3) is 0.0870. The molecular formula is C23H19FN4O2S. The van der Waals surface area contributed by atoms with Gasteiger partial charge < -0.3 is 9.47 Å². The van der Waals surface area contributed by atoms with Gasteiger partial charge in [0.25, 0.3) is 0 Å². The lowest BCUT2D eigenvalue weighted by molar-refractivity contribution is 0.284. The summed E-state index contributed by atoms with van der Waals surface area (Å²) < 4.78 is 27.2. The van der Waals surface area contributed by atoms with Crippen molar-refractivity contribution in [1.29, 1.82) is 0 Å². The Labute approximate surface area is 183 Å². The maximum absolute atomic E-state index is 14.2. The number of H-pyrrole nitrogens is 1. The smallest absolute Gasteiger partial charge is 0.216 e. The molecule has 1 heterocycles. The van der Waals surface area contributed by atoms with Crippen LogP contribution in [0.25, 0.3) is 11.4 Å². The van der Waals surface area contributed by atoms with Gasteiger partial charge in [-0.15, -0.1) is 0 Å². The monoisotopic (exact) mass is 434 g/mol. The summed E-state index contributed by atoms with van der Waals surface area (Å²) in [6, 6.07) is 21.7. The van der Waals surface area contributed by atoms with E-state index in [1.54, 1.807) is 37.6 Å². The largest absolute Gasteiger partial charge is 0.493 e. The molecule has 0 bridgehead atoms. The second kappa shape index (κ2) is 9.36. The van der Waals surface area contributed by atoms with Crippen LogP contribution < -0.4 is 9.47 Å². The second-order valence-corrected chi connectivity index (χ2v) is 6.96. The van der Waals surface area contributed by atoms with E-state index in [0.29, 0.717) is 23.7 Å². The van der Waals surface area contributed by atoms with E-state index in [1.807, 2.05) is 42.5 Å². The molecule has 1 aromatic heterocycles. The minimum atomic E-state index is -0.408. The number of nitrogens with zero attached hydrogens (tertiary/aromatic N) is 3. The number of halogens is 1. The van der Waals surface area contributed by atoms with Gasteiger partial charge in [0.2, 0.25) is 4.77 Å². The van der Waals surface area contributed by atoms with Crippen LogP contribution >= 0.6 is 12.2 Å². The van der Waals surface area contributed by atoms with Crippen molar-refractivity contribution in [2.45, 2.75) is 6.61 Å². The number of hydrogen-bond donors (Lipinski definition) is 1. The molecule has 0 fully saturated rings. The van der Waals surface area contributed by atoms with Gasteiger partial charge in [-0.05, 0) is 53.7 Å². The number of methoxy groups -OCH3 is 1. The molecule has 31 heavy (non-hydrogen) atoms. The molecule has 4 rings (SSSR count). The minimum Gasteiger partial charge on any atom is -0.493 e. The van der Waals surface area contributed by atoms with Crippen molar-refractivity contribution in [3.8, 4) is 22.9 Å². The highest BCUT2D eigenvalue weighted by Crippen LogP contribution is 2.28. The quantitative estimate of drug-likeness (QED) is 0.320. The minimum absolute atomic E-state index is 0.254. The Morgan fingerprint density at radius 3 is 2.61 bits per heavy atom. The van der Waals surface area contributed by atoms with Crippen LogP contribution in [0.5, 0.6) is 11.5 Å². The first-order chi connectivity index (χ1) is 15.2. The summed E-state index contributed by atoms with van der Waals surface area (Å²) in [6.07, 6.45) is 1.60. The zero-order valence-corrected chi connectivity index (χ0v) is 17.5. The van der Waals surface area contributed by atoms with Crippen LogP contribution in [-0.2, 0) is 6.61 Å². The summed E-state index contributed by atoms with van der Waals surface area (Å²) >= 11 is 5.25. The van der Waals surface area contributed by atoms with E-state index in [0.717, 1.165) is 11.1 Å². The van der Waals surface area contributed by atoms with Gasteiger partial charge in [0.1, 0.15) is 12.4 Å². The number of benzene rings is 3. The van der Waals surface area contributed by atoms with E-state index >= 15 is 0 Å². The summed E-state index contributed by atoms with van der Waals surface area (Å²) in [5.41, 5.74) is 2.12. The molecule has 6 nitrogen and oxygen atoms in total. The molecule has 0 aliphatic heterocycles.